The van der Waals surface area contributed by atoms with Crippen LogP contribution in [0.15, 0.2) is 12.2 Å². The van der Waals surface area contributed by atoms with E-state index in [0.717, 1.165) is 6.29 Å². The van der Waals surface area contributed by atoms with Crippen LogP contribution < -0.4 is 5.32 Å². The summed E-state index contributed by atoms with van der Waals surface area (Å²) in [7, 11) is 1.52. The molecule has 0 spiro atoms. The van der Waals surface area contributed by atoms with Gasteiger partial charge in [-0.1, -0.05) is 12.2 Å². The van der Waals surface area contributed by atoms with Crippen molar-refractivity contribution in [3.05, 3.63) is 12.2 Å². The zero-order chi connectivity index (χ0) is 16.5. The molecule has 0 radical (unpaired) electrons. The van der Waals surface area contributed by atoms with Gasteiger partial charge in [-0.3, -0.25) is 0 Å². The second-order valence-electron chi connectivity index (χ2n) is 5.91. The first kappa shape index (κ1) is 19.6. The SMILES string of the molecule is COCC(C=O)/C=C/CC(NC(=O)OC(C)(C)C)C(C)O. The summed E-state index contributed by atoms with van der Waals surface area (Å²) in [5.74, 6) is -0.328. The van der Waals surface area contributed by atoms with E-state index in [1.165, 1.54) is 7.11 Å². The first-order valence-corrected chi connectivity index (χ1v) is 6.98. The molecule has 0 heterocycles. The van der Waals surface area contributed by atoms with Gasteiger partial charge in [0.1, 0.15) is 11.9 Å². The van der Waals surface area contributed by atoms with Gasteiger partial charge in [0.2, 0.25) is 0 Å². The molecule has 3 atom stereocenters. The molecule has 2 N–H and O–H groups in total. The third-order valence-electron chi connectivity index (χ3n) is 2.59. The van der Waals surface area contributed by atoms with E-state index < -0.39 is 23.8 Å². The summed E-state index contributed by atoms with van der Waals surface area (Å²) in [4.78, 5) is 22.5. The van der Waals surface area contributed by atoms with Gasteiger partial charge < -0.3 is 24.7 Å². The monoisotopic (exact) mass is 301 g/mol. The number of carbonyl (C=O) groups excluding carboxylic acids is 2. The number of ether oxygens (including phenoxy) is 2. The molecule has 0 saturated heterocycles. The van der Waals surface area contributed by atoms with E-state index in [9.17, 15) is 14.7 Å². The van der Waals surface area contributed by atoms with E-state index in [-0.39, 0.29) is 5.92 Å². The molecule has 0 aliphatic heterocycles. The fourth-order valence-electron chi connectivity index (χ4n) is 1.57. The molecule has 0 fully saturated rings. The molecule has 0 aromatic carbocycles. The van der Waals surface area contributed by atoms with E-state index in [1.807, 2.05) is 0 Å². The summed E-state index contributed by atoms with van der Waals surface area (Å²) >= 11 is 0. The Balaban J connectivity index is 4.47. The van der Waals surface area contributed by atoms with Gasteiger partial charge >= 0.3 is 6.09 Å². The maximum Gasteiger partial charge on any atom is 0.407 e. The van der Waals surface area contributed by atoms with Crippen molar-refractivity contribution in [1.29, 1.82) is 0 Å². The smallest absolute Gasteiger partial charge is 0.407 e. The van der Waals surface area contributed by atoms with Crippen LogP contribution in [0.1, 0.15) is 34.1 Å². The summed E-state index contributed by atoms with van der Waals surface area (Å²) in [6, 6.07) is -0.481. The maximum absolute atomic E-state index is 11.7. The highest BCUT2D eigenvalue weighted by molar-refractivity contribution is 5.68. The van der Waals surface area contributed by atoms with Crippen LogP contribution in [-0.2, 0) is 14.3 Å². The van der Waals surface area contributed by atoms with Crippen LogP contribution in [0.5, 0.6) is 0 Å². The van der Waals surface area contributed by atoms with Crippen molar-refractivity contribution in [2.45, 2.75) is 51.9 Å². The Kier molecular flexibility index (Phi) is 8.89. The molecular weight excluding hydrogens is 274 g/mol. The van der Waals surface area contributed by atoms with Gasteiger partial charge in [-0.2, -0.15) is 0 Å². The third-order valence-corrected chi connectivity index (χ3v) is 2.59. The van der Waals surface area contributed by atoms with Gasteiger partial charge in [0.05, 0.1) is 24.7 Å². The highest BCUT2D eigenvalue weighted by Crippen LogP contribution is 2.09. The molecule has 1 amide bonds. The van der Waals surface area contributed by atoms with Crippen molar-refractivity contribution in [3.8, 4) is 0 Å². The Bertz CT molecular complexity index is 346. The number of aldehydes is 1. The minimum absolute atomic E-state index is 0.304. The predicted octanol–water partition coefficient (Wildman–Crippen LogP) is 1.67. The average molecular weight is 301 g/mol. The Morgan fingerprint density at radius 3 is 2.43 bits per heavy atom. The number of amides is 1. The van der Waals surface area contributed by atoms with Crippen molar-refractivity contribution in [2.24, 2.45) is 5.92 Å². The van der Waals surface area contributed by atoms with Crippen molar-refractivity contribution in [1.82, 2.24) is 5.32 Å². The Morgan fingerprint density at radius 1 is 1.38 bits per heavy atom. The Labute approximate surface area is 126 Å². The summed E-state index contributed by atoms with van der Waals surface area (Å²) in [5.41, 5.74) is -0.593. The summed E-state index contributed by atoms with van der Waals surface area (Å²) in [5, 5.41) is 12.3. The molecule has 3 unspecified atom stereocenters. The molecule has 6 heteroatoms. The number of aliphatic hydroxyl groups excluding tert-OH is 1. The first-order chi connectivity index (χ1) is 9.69. The zero-order valence-electron chi connectivity index (χ0n) is 13.5. The van der Waals surface area contributed by atoms with Crippen molar-refractivity contribution in [3.63, 3.8) is 0 Å². The first-order valence-electron chi connectivity index (χ1n) is 6.98. The standard InChI is InChI=1S/C15H27NO5/c1-11(18)13(16-14(19)21-15(2,3)4)8-6-7-12(9-17)10-20-5/h6-7,9,11-13,18H,8,10H2,1-5H3,(H,16,19)/b7-6+. The van der Waals surface area contributed by atoms with Crippen LogP contribution in [0.25, 0.3) is 0 Å². The minimum atomic E-state index is -0.737. The van der Waals surface area contributed by atoms with Crippen LogP contribution in [0, 0.1) is 5.92 Å². The van der Waals surface area contributed by atoms with Crippen LogP contribution in [-0.4, -0.2) is 48.9 Å². The largest absolute Gasteiger partial charge is 0.444 e. The van der Waals surface area contributed by atoms with Crippen LogP contribution in [0.2, 0.25) is 0 Å². The zero-order valence-corrected chi connectivity index (χ0v) is 13.5. The van der Waals surface area contributed by atoms with Crippen LogP contribution in [0.4, 0.5) is 4.79 Å². The lowest BCUT2D eigenvalue weighted by molar-refractivity contribution is -0.111. The van der Waals surface area contributed by atoms with Crippen molar-refractivity contribution < 1.29 is 24.2 Å². The number of hydrogen-bond donors (Lipinski definition) is 2. The van der Waals surface area contributed by atoms with Crippen LogP contribution >= 0.6 is 0 Å². The molecule has 0 aromatic heterocycles. The van der Waals surface area contributed by atoms with Gasteiger partial charge in [0.15, 0.2) is 0 Å². The maximum atomic E-state index is 11.7. The topological polar surface area (TPSA) is 84.9 Å². The number of rotatable bonds is 8. The van der Waals surface area contributed by atoms with Gasteiger partial charge in [0, 0.05) is 7.11 Å². The molecule has 122 valence electrons. The van der Waals surface area contributed by atoms with Gasteiger partial charge in [-0.05, 0) is 34.1 Å². The second kappa shape index (κ2) is 9.52. The summed E-state index contributed by atoms with van der Waals surface area (Å²) in [6.07, 6.45) is 3.31. The Hall–Kier alpha value is -1.40. The highest BCUT2D eigenvalue weighted by atomic mass is 16.6. The van der Waals surface area contributed by atoms with E-state index in [0.29, 0.717) is 13.0 Å². The number of nitrogens with one attached hydrogen (secondary N) is 1. The van der Waals surface area contributed by atoms with E-state index >= 15 is 0 Å². The third kappa shape index (κ3) is 10.0. The lowest BCUT2D eigenvalue weighted by Crippen LogP contribution is -2.44. The molecule has 0 aromatic rings. The lowest BCUT2D eigenvalue weighted by Gasteiger charge is -2.24. The molecule has 0 rings (SSSR count). The number of hydrogen-bond acceptors (Lipinski definition) is 5. The van der Waals surface area contributed by atoms with Gasteiger partial charge in [-0.15, -0.1) is 0 Å². The summed E-state index contributed by atoms with van der Waals surface area (Å²) in [6.45, 7) is 7.19. The molecule has 0 saturated carbocycles. The fourth-order valence-corrected chi connectivity index (χ4v) is 1.57. The highest BCUT2D eigenvalue weighted by Gasteiger charge is 2.21. The number of aliphatic hydroxyl groups is 1. The van der Waals surface area contributed by atoms with Crippen molar-refractivity contribution >= 4 is 12.4 Å². The predicted molar refractivity (Wildman–Crippen MR) is 80.0 cm³/mol. The summed E-state index contributed by atoms with van der Waals surface area (Å²) < 4.78 is 10.0. The minimum Gasteiger partial charge on any atom is -0.444 e. The normalized spacial score (nSPS) is 16.3. The average Bonchev–Trinajstić information content (AvgIpc) is 2.33. The Morgan fingerprint density at radius 2 is 2.00 bits per heavy atom. The van der Waals surface area contributed by atoms with Crippen molar-refractivity contribution in [2.75, 3.05) is 13.7 Å². The molecule has 0 bridgehead atoms. The number of carbonyl (C=O) groups is 2. The molecule has 0 aliphatic carbocycles. The van der Waals surface area contributed by atoms with Crippen LogP contribution in [0.3, 0.4) is 0 Å². The van der Waals surface area contributed by atoms with E-state index in [4.69, 9.17) is 9.47 Å². The molecule has 21 heavy (non-hydrogen) atoms. The molecule has 0 aliphatic rings. The molecule has 6 nitrogen and oxygen atoms in total. The number of methoxy groups -OCH3 is 1. The molecular formula is C15H27NO5. The van der Waals surface area contributed by atoms with E-state index in [1.54, 1.807) is 39.8 Å². The van der Waals surface area contributed by atoms with Gasteiger partial charge in [-0.25, -0.2) is 4.79 Å². The quantitative estimate of drug-likeness (QED) is 0.526. The van der Waals surface area contributed by atoms with Gasteiger partial charge in [0.25, 0.3) is 0 Å². The number of alkyl carbamates (subject to hydrolysis) is 1. The lowest BCUT2D eigenvalue weighted by atomic mass is 10.1. The van der Waals surface area contributed by atoms with E-state index in [2.05, 4.69) is 5.32 Å². The fraction of sp³-hybridized carbons (Fsp3) is 0.733. The second-order valence-corrected chi connectivity index (χ2v) is 5.91.